The average molecular weight is 269 g/mol. The van der Waals surface area contributed by atoms with Crippen LogP contribution in [0, 0.1) is 12.8 Å². The molecule has 3 heterocycles. The number of anilines is 1. The van der Waals surface area contributed by atoms with Crippen molar-refractivity contribution in [3.8, 4) is 0 Å². The number of nitrogens with zero attached hydrogens (tertiary/aromatic N) is 5. The van der Waals surface area contributed by atoms with Crippen LogP contribution in [0.5, 0.6) is 0 Å². The predicted molar refractivity (Wildman–Crippen MR) is 76.7 cm³/mol. The lowest BCUT2D eigenvalue weighted by molar-refractivity contribution is 0.352. The van der Waals surface area contributed by atoms with Gasteiger partial charge in [0.15, 0.2) is 0 Å². The molecular formula is C15H19N5. The van der Waals surface area contributed by atoms with E-state index in [1.807, 2.05) is 18.5 Å². The van der Waals surface area contributed by atoms with Gasteiger partial charge in [0.05, 0.1) is 0 Å². The molecule has 1 aliphatic carbocycles. The van der Waals surface area contributed by atoms with E-state index in [1.165, 1.54) is 12.8 Å². The Labute approximate surface area is 118 Å². The van der Waals surface area contributed by atoms with Gasteiger partial charge >= 0.3 is 0 Å². The maximum Gasteiger partial charge on any atom is 0.133 e. The zero-order chi connectivity index (χ0) is 13.5. The Morgan fingerprint density at radius 1 is 1.20 bits per heavy atom. The topological polar surface area (TPSA) is 46.8 Å². The molecule has 0 amide bonds. The molecule has 0 N–H and O–H groups in total. The monoisotopic (exact) mass is 269 g/mol. The van der Waals surface area contributed by atoms with Crippen LogP contribution in [-0.4, -0.2) is 32.6 Å². The highest BCUT2D eigenvalue weighted by Crippen LogP contribution is 2.38. The maximum atomic E-state index is 4.70. The zero-order valence-electron chi connectivity index (χ0n) is 11.7. The summed E-state index contributed by atoms with van der Waals surface area (Å²) in [7, 11) is 0. The Morgan fingerprint density at radius 3 is 2.75 bits per heavy atom. The molecule has 2 aliphatic rings. The Hall–Kier alpha value is -1.91. The summed E-state index contributed by atoms with van der Waals surface area (Å²) in [6.07, 6.45) is 8.35. The van der Waals surface area contributed by atoms with E-state index in [-0.39, 0.29) is 0 Å². The molecular weight excluding hydrogens is 250 g/mol. The van der Waals surface area contributed by atoms with Gasteiger partial charge in [0, 0.05) is 50.1 Å². The molecule has 5 nitrogen and oxygen atoms in total. The summed E-state index contributed by atoms with van der Waals surface area (Å²) in [5.41, 5.74) is 0. The first-order valence-corrected chi connectivity index (χ1v) is 7.35. The number of rotatable bonds is 4. The quantitative estimate of drug-likeness (QED) is 0.851. The van der Waals surface area contributed by atoms with E-state index >= 15 is 0 Å². The van der Waals surface area contributed by atoms with Crippen molar-refractivity contribution in [3.05, 3.63) is 36.3 Å². The smallest absolute Gasteiger partial charge is 0.133 e. The Morgan fingerprint density at radius 2 is 2.05 bits per heavy atom. The first-order valence-electron chi connectivity index (χ1n) is 7.35. The van der Waals surface area contributed by atoms with Crippen LogP contribution < -0.4 is 4.90 Å². The molecule has 2 aromatic heterocycles. The minimum atomic E-state index is 0.626. The van der Waals surface area contributed by atoms with Gasteiger partial charge in [-0.1, -0.05) is 0 Å². The van der Waals surface area contributed by atoms with Gasteiger partial charge in [-0.25, -0.2) is 15.0 Å². The van der Waals surface area contributed by atoms with Gasteiger partial charge in [-0.15, -0.1) is 0 Å². The first-order chi connectivity index (χ1) is 9.79. The van der Waals surface area contributed by atoms with Crippen molar-refractivity contribution in [1.82, 2.24) is 19.5 Å². The Balaban J connectivity index is 1.38. The van der Waals surface area contributed by atoms with E-state index in [4.69, 9.17) is 4.98 Å². The van der Waals surface area contributed by atoms with E-state index in [1.54, 1.807) is 0 Å². The van der Waals surface area contributed by atoms with Crippen molar-refractivity contribution in [2.24, 2.45) is 5.92 Å². The standard InChI is InChI=1S/C15H19N5/c1-11-16-6-7-19(11)8-12-9-20(10-12)14-4-5-17-15(18-14)13-2-3-13/h4-7,12-13H,2-3,8-10H2,1H3. The summed E-state index contributed by atoms with van der Waals surface area (Å²) in [6, 6.07) is 2.03. The van der Waals surface area contributed by atoms with Crippen LogP contribution in [0.3, 0.4) is 0 Å². The maximum absolute atomic E-state index is 4.70. The molecule has 1 saturated heterocycles. The number of aryl methyl sites for hydroxylation is 1. The van der Waals surface area contributed by atoms with E-state index < -0.39 is 0 Å². The summed E-state index contributed by atoms with van der Waals surface area (Å²) < 4.78 is 2.23. The minimum Gasteiger partial charge on any atom is -0.356 e. The highest BCUT2D eigenvalue weighted by atomic mass is 15.3. The van der Waals surface area contributed by atoms with Crippen molar-refractivity contribution in [2.45, 2.75) is 32.2 Å². The van der Waals surface area contributed by atoms with Crippen LogP contribution in [-0.2, 0) is 6.54 Å². The molecule has 20 heavy (non-hydrogen) atoms. The van der Waals surface area contributed by atoms with E-state index in [0.29, 0.717) is 11.8 Å². The van der Waals surface area contributed by atoms with E-state index in [2.05, 4.69) is 32.6 Å². The molecule has 5 heteroatoms. The molecule has 4 rings (SSSR count). The second kappa shape index (κ2) is 4.58. The van der Waals surface area contributed by atoms with Crippen LogP contribution >= 0.6 is 0 Å². The van der Waals surface area contributed by atoms with Crippen LogP contribution in [0.25, 0.3) is 0 Å². The minimum absolute atomic E-state index is 0.626. The van der Waals surface area contributed by atoms with E-state index in [0.717, 1.165) is 37.1 Å². The molecule has 2 aromatic rings. The fourth-order valence-corrected chi connectivity index (χ4v) is 2.83. The van der Waals surface area contributed by atoms with Gasteiger partial charge < -0.3 is 9.47 Å². The van der Waals surface area contributed by atoms with Gasteiger partial charge in [-0.2, -0.15) is 0 Å². The van der Waals surface area contributed by atoms with Crippen molar-refractivity contribution in [3.63, 3.8) is 0 Å². The summed E-state index contributed by atoms with van der Waals surface area (Å²) in [4.78, 5) is 15.7. The lowest BCUT2D eigenvalue weighted by Crippen LogP contribution is -2.49. The first kappa shape index (κ1) is 11.9. The molecule has 0 bridgehead atoms. The second-order valence-corrected chi connectivity index (χ2v) is 5.95. The third-order valence-corrected chi connectivity index (χ3v) is 4.26. The summed E-state index contributed by atoms with van der Waals surface area (Å²) in [6.45, 7) is 5.28. The molecule has 1 aliphatic heterocycles. The fourth-order valence-electron chi connectivity index (χ4n) is 2.83. The highest BCUT2D eigenvalue weighted by Gasteiger charge is 2.30. The van der Waals surface area contributed by atoms with Crippen molar-refractivity contribution >= 4 is 5.82 Å². The van der Waals surface area contributed by atoms with Crippen molar-refractivity contribution in [2.75, 3.05) is 18.0 Å². The average Bonchev–Trinajstić information content (AvgIpc) is 3.18. The third-order valence-electron chi connectivity index (χ3n) is 4.26. The van der Waals surface area contributed by atoms with Crippen molar-refractivity contribution < 1.29 is 0 Å². The van der Waals surface area contributed by atoms with E-state index in [9.17, 15) is 0 Å². The SMILES string of the molecule is Cc1nccn1CC1CN(c2ccnc(C3CC3)n2)C1. The molecule has 104 valence electrons. The number of hydrogen-bond acceptors (Lipinski definition) is 4. The largest absolute Gasteiger partial charge is 0.356 e. The highest BCUT2D eigenvalue weighted by molar-refractivity contribution is 5.41. The predicted octanol–water partition coefficient (Wildman–Crippen LogP) is 2.00. The zero-order valence-corrected chi connectivity index (χ0v) is 11.7. The number of hydrogen-bond donors (Lipinski definition) is 0. The molecule has 0 spiro atoms. The van der Waals surface area contributed by atoms with Gasteiger partial charge in [-0.05, 0) is 25.8 Å². The number of imidazole rings is 1. The summed E-state index contributed by atoms with van der Waals surface area (Å²) >= 11 is 0. The van der Waals surface area contributed by atoms with Crippen molar-refractivity contribution in [1.29, 1.82) is 0 Å². The van der Waals surface area contributed by atoms with Gasteiger partial charge in [0.25, 0.3) is 0 Å². The van der Waals surface area contributed by atoms with Crippen LogP contribution in [0.2, 0.25) is 0 Å². The third kappa shape index (κ3) is 2.17. The Kier molecular flexibility index (Phi) is 2.72. The van der Waals surface area contributed by atoms with Gasteiger partial charge in [0.2, 0.25) is 0 Å². The summed E-state index contributed by atoms with van der Waals surface area (Å²) in [5.74, 6) is 4.56. The molecule has 2 fully saturated rings. The molecule has 1 saturated carbocycles. The van der Waals surface area contributed by atoms with Crippen LogP contribution in [0.1, 0.15) is 30.4 Å². The van der Waals surface area contributed by atoms with Gasteiger partial charge in [-0.3, -0.25) is 0 Å². The molecule has 0 unspecified atom stereocenters. The van der Waals surface area contributed by atoms with Gasteiger partial charge in [0.1, 0.15) is 17.5 Å². The lowest BCUT2D eigenvalue weighted by atomic mass is 10.00. The Bertz CT molecular complexity index is 610. The molecule has 0 atom stereocenters. The van der Waals surface area contributed by atoms with Crippen LogP contribution in [0.4, 0.5) is 5.82 Å². The molecule has 0 radical (unpaired) electrons. The molecule has 0 aromatic carbocycles. The van der Waals surface area contributed by atoms with Crippen LogP contribution in [0.15, 0.2) is 24.7 Å². The normalized spacial score (nSPS) is 19.1. The number of aromatic nitrogens is 4. The summed E-state index contributed by atoms with van der Waals surface area (Å²) in [5, 5.41) is 0. The second-order valence-electron chi connectivity index (χ2n) is 5.95. The lowest BCUT2D eigenvalue weighted by Gasteiger charge is -2.40. The fraction of sp³-hybridized carbons (Fsp3) is 0.533.